The highest BCUT2D eigenvalue weighted by Gasteiger charge is 2.04. The summed E-state index contributed by atoms with van der Waals surface area (Å²) < 4.78 is 10.6. The van der Waals surface area contributed by atoms with Gasteiger partial charge >= 0.3 is 0 Å². The van der Waals surface area contributed by atoms with Gasteiger partial charge in [-0.1, -0.05) is 103 Å². The molecule has 1 N–H and O–H groups in total. The van der Waals surface area contributed by atoms with Gasteiger partial charge in [0.1, 0.15) is 6.10 Å². The Balaban J connectivity index is 3.03. The van der Waals surface area contributed by atoms with Crippen molar-refractivity contribution in [3.05, 3.63) is 0 Å². The molecular weight excluding hydrogens is 312 g/mol. The normalized spacial score (nSPS) is 12.6. The van der Waals surface area contributed by atoms with Gasteiger partial charge in [-0.05, 0) is 6.42 Å². The molecule has 0 saturated carbocycles. The first kappa shape index (κ1) is 24.9. The summed E-state index contributed by atoms with van der Waals surface area (Å²) in [6.07, 6.45) is 22.1. The lowest BCUT2D eigenvalue weighted by Gasteiger charge is -2.12. The molecule has 3 heteroatoms. The lowest BCUT2D eigenvalue weighted by molar-refractivity contribution is -0.0205. The minimum Gasteiger partial charge on any atom is -0.394 e. The Morgan fingerprint density at radius 3 is 1.40 bits per heavy atom. The maximum Gasteiger partial charge on any atom is 0.103 e. The van der Waals surface area contributed by atoms with Gasteiger partial charge in [0.25, 0.3) is 0 Å². The van der Waals surface area contributed by atoms with Crippen molar-refractivity contribution in [2.75, 3.05) is 26.9 Å². The molecule has 0 aliphatic heterocycles. The Morgan fingerprint density at radius 2 is 1.04 bits per heavy atom. The molecule has 0 aromatic rings. The van der Waals surface area contributed by atoms with Gasteiger partial charge in [-0.2, -0.15) is 0 Å². The predicted molar refractivity (Wildman–Crippen MR) is 108 cm³/mol. The van der Waals surface area contributed by atoms with Gasteiger partial charge in [-0.3, -0.25) is 0 Å². The SMILES string of the molecule is CCCCCCCCCCCCCCCCCCOCC(CO)OC. The zero-order valence-electron chi connectivity index (χ0n) is 17.3. The third-order valence-electron chi connectivity index (χ3n) is 4.98. The van der Waals surface area contributed by atoms with Crippen molar-refractivity contribution in [3.8, 4) is 0 Å². The van der Waals surface area contributed by atoms with E-state index in [0.29, 0.717) is 6.61 Å². The number of hydrogen-bond acceptors (Lipinski definition) is 3. The molecule has 152 valence electrons. The van der Waals surface area contributed by atoms with Crippen molar-refractivity contribution in [1.29, 1.82) is 0 Å². The van der Waals surface area contributed by atoms with Gasteiger partial charge in [0.2, 0.25) is 0 Å². The highest BCUT2D eigenvalue weighted by Crippen LogP contribution is 2.13. The first-order valence-electron chi connectivity index (χ1n) is 11.1. The molecule has 0 heterocycles. The molecule has 1 unspecified atom stereocenters. The number of unbranched alkanes of at least 4 members (excludes halogenated alkanes) is 15. The molecule has 0 amide bonds. The van der Waals surface area contributed by atoms with Crippen molar-refractivity contribution in [3.63, 3.8) is 0 Å². The topological polar surface area (TPSA) is 38.7 Å². The van der Waals surface area contributed by atoms with E-state index in [4.69, 9.17) is 14.6 Å². The third-order valence-corrected chi connectivity index (χ3v) is 4.98. The third kappa shape index (κ3) is 20.0. The average Bonchev–Trinajstić information content (AvgIpc) is 2.64. The Kier molecular flexibility index (Phi) is 21.8. The van der Waals surface area contributed by atoms with Crippen LogP contribution < -0.4 is 0 Å². The Labute approximate surface area is 157 Å². The van der Waals surface area contributed by atoms with E-state index in [9.17, 15) is 0 Å². The second-order valence-corrected chi connectivity index (χ2v) is 7.42. The smallest absolute Gasteiger partial charge is 0.103 e. The maximum absolute atomic E-state index is 8.96. The largest absolute Gasteiger partial charge is 0.394 e. The van der Waals surface area contributed by atoms with E-state index in [1.165, 1.54) is 96.3 Å². The van der Waals surface area contributed by atoms with Crippen LogP contribution in [0.25, 0.3) is 0 Å². The van der Waals surface area contributed by atoms with Crippen molar-refractivity contribution >= 4 is 0 Å². The fourth-order valence-corrected chi connectivity index (χ4v) is 3.16. The lowest BCUT2D eigenvalue weighted by Crippen LogP contribution is -2.22. The van der Waals surface area contributed by atoms with Crippen LogP contribution in [-0.4, -0.2) is 38.1 Å². The molecule has 0 radical (unpaired) electrons. The summed E-state index contributed by atoms with van der Waals surface area (Å²) >= 11 is 0. The first-order valence-corrected chi connectivity index (χ1v) is 11.1. The van der Waals surface area contributed by atoms with E-state index in [1.807, 2.05) is 0 Å². The van der Waals surface area contributed by atoms with Gasteiger partial charge in [0.15, 0.2) is 0 Å². The van der Waals surface area contributed by atoms with Crippen LogP contribution in [0.4, 0.5) is 0 Å². The molecule has 25 heavy (non-hydrogen) atoms. The molecule has 0 spiro atoms. The fourth-order valence-electron chi connectivity index (χ4n) is 3.16. The molecule has 0 aromatic carbocycles. The van der Waals surface area contributed by atoms with E-state index >= 15 is 0 Å². The quantitative estimate of drug-likeness (QED) is 0.246. The Bertz CT molecular complexity index is 229. The summed E-state index contributed by atoms with van der Waals surface area (Å²) in [5.74, 6) is 0. The minimum absolute atomic E-state index is 0.0372. The molecule has 0 aliphatic carbocycles. The second-order valence-electron chi connectivity index (χ2n) is 7.42. The number of aliphatic hydroxyl groups is 1. The molecule has 3 nitrogen and oxygen atoms in total. The Morgan fingerprint density at radius 1 is 0.640 bits per heavy atom. The zero-order valence-corrected chi connectivity index (χ0v) is 17.3. The zero-order chi connectivity index (χ0) is 18.4. The Hall–Kier alpha value is -0.120. The monoisotopic (exact) mass is 358 g/mol. The molecule has 0 aliphatic rings. The summed E-state index contributed by atoms with van der Waals surface area (Å²) in [5, 5.41) is 8.96. The van der Waals surface area contributed by atoms with Crippen LogP contribution in [0.15, 0.2) is 0 Å². The van der Waals surface area contributed by atoms with Crippen molar-refractivity contribution in [2.24, 2.45) is 0 Å². The number of rotatable bonds is 21. The van der Waals surface area contributed by atoms with Crippen LogP contribution in [0, 0.1) is 0 Å². The number of methoxy groups -OCH3 is 1. The summed E-state index contributed by atoms with van der Waals surface area (Å²) in [7, 11) is 1.61. The van der Waals surface area contributed by atoms with Crippen LogP contribution in [0.5, 0.6) is 0 Å². The highest BCUT2D eigenvalue weighted by atomic mass is 16.5. The van der Waals surface area contributed by atoms with Gasteiger partial charge in [-0.25, -0.2) is 0 Å². The summed E-state index contributed by atoms with van der Waals surface area (Å²) in [4.78, 5) is 0. The van der Waals surface area contributed by atoms with Crippen molar-refractivity contribution < 1.29 is 14.6 Å². The number of aliphatic hydroxyl groups excluding tert-OH is 1. The number of ether oxygens (including phenoxy) is 2. The van der Waals surface area contributed by atoms with Crippen LogP contribution in [0.1, 0.15) is 110 Å². The van der Waals surface area contributed by atoms with Crippen molar-refractivity contribution in [2.45, 2.75) is 116 Å². The van der Waals surface area contributed by atoms with Gasteiger partial charge in [-0.15, -0.1) is 0 Å². The second kappa shape index (κ2) is 21.9. The molecular formula is C22H46O3. The standard InChI is InChI=1S/C22H46O3/c1-3-4-5-6-7-8-9-10-11-12-13-14-15-16-17-18-19-25-21-22(20-23)24-2/h22-23H,3-21H2,1-2H3. The van der Waals surface area contributed by atoms with Crippen molar-refractivity contribution in [1.82, 2.24) is 0 Å². The van der Waals surface area contributed by atoms with Gasteiger partial charge < -0.3 is 14.6 Å². The molecule has 0 saturated heterocycles. The van der Waals surface area contributed by atoms with E-state index in [1.54, 1.807) is 7.11 Å². The fraction of sp³-hybridized carbons (Fsp3) is 1.00. The van der Waals surface area contributed by atoms with E-state index in [-0.39, 0.29) is 12.7 Å². The van der Waals surface area contributed by atoms with Crippen LogP contribution in [-0.2, 0) is 9.47 Å². The van der Waals surface area contributed by atoms with E-state index in [0.717, 1.165) is 13.0 Å². The van der Waals surface area contributed by atoms with Crippen LogP contribution >= 0.6 is 0 Å². The molecule has 0 rings (SSSR count). The minimum atomic E-state index is -0.166. The average molecular weight is 359 g/mol. The molecule has 0 aromatic heterocycles. The van der Waals surface area contributed by atoms with E-state index in [2.05, 4.69) is 6.92 Å². The highest BCUT2D eigenvalue weighted by molar-refractivity contribution is 4.53. The van der Waals surface area contributed by atoms with Crippen LogP contribution in [0.2, 0.25) is 0 Å². The predicted octanol–water partition coefficient (Wildman–Crippen LogP) is 6.27. The summed E-state index contributed by atoms with van der Waals surface area (Å²) in [6.45, 7) is 3.62. The molecule has 0 bridgehead atoms. The first-order chi connectivity index (χ1) is 12.3. The van der Waals surface area contributed by atoms with Gasteiger partial charge in [0.05, 0.1) is 13.2 Å². The van der Waals surface area contributed by atoms with Gasteiger partial charge in [0, 0.05) is 13.7 Å². The lowest BCUT2D eigenvalue weighted by atomic mass is 10.0. The summed E-state index contributed by atoms with van der Waals surface area (Å²) in [6, 6.07) is 0. The van der Waals surface area contributed by atoms with E-state index < -0.39 is 0 Å². The summed E-state index contributed by atoms with van der Waals surface area (Å²) in [5.41, 5.74) is 0. The molecule has 0 fully saturated rings. The maximum atomic E-state index is 8.96. The van der Waals surface area contributed by atoms with Crippen LogP contribution in [0.3, 0.4) is 0 Å². The number of hydrogen-bond donors (Lipinski definition) is 1. The molecule has 1 atom stereocenters.